The second kappa shape index (κ2) is 4.77. The number of hydrogen-bond donors (Lipinski definition) is 2. The van der Waals surface area contributed by atoms with Gasteiger partial charge >= 0.3 is 0 Å². The molecule has 0 amide bonds. The summed E-state index contributed by atoms with van der Waals surface area (Å²) < 4.78 is 1.77. The van der Waals surface area contributed by atoms with Crippen molar-refractivity contribution in [2.45, 2.75) is 45.9 Å². The lowest BCUT2D eigenvalue weighted by Crippen LogP contribution is -2.42. The Balaban J connectivity index is 2.33. The van der Waals surface area contributed by atoms with E-state index in [9.17, 15) is 5.11 Å². The monoisotopic (exact) mass is 211 g/mol. The molecule has 0 spiro atoms. The maximum atomic E-state index is 9.75. The summed E-state index contributed by atoms with van der Waals surface area (Å²) in [7, 11) is 0. The molecule has 1 rings (SSSR count). The maximum Gasteiger partial charge on any atom is 0.0860 e. The fourth-order valence-corrected chi connectivity index (χ4v) is 1.27. The van der Waals surface area contributed by atoms with E-state index in [0.29, 0.717) is 13.1 Å². The van der Waals surface area contributed by atoms with Crippen molar-refractivity contribution >= 4 is 0 Å². The Morgan fingerprint density at radius 1 is 1.53 bits per heavy atom. The van der Waals surface area contributed by atoms with Gasteiger partial charge in [0.2, 0.25) is 0 Å². The Morgan fingerprint density at radius 3 is 2.67 bits per heavy atom. The van der Waals surface area contributed by atoms with Crippen molar-refractivity contribution in [1.82, 2.24) is 15.1 Å². The lowest BCUT2D eigenvalue weighted by Gasteiger charge is -2.22. The van der Waals surface area contributed by atoms with Gasteiger partial charge in [-0.3, -0.25) is 4.68 Å². The summed E-state index contributed by atoms with van der Waals surface area (Å²) in [4.78, 5) is 0. The number of hydrogen-bond acceptors (Lipinski definition) is 3. The number of β-amino-alcohol motifs (C(OH)–C–C–N with tert-alkyl or cyclic N) is 1. The van der Waals surface area contributed by atoms with Gasteiger partial charge in [-0.2, -0.15) is 5.10 Å². The van der Waals surface area contributed by atoms with Gasteiger partial charge in [0.1, 0.15) is 0 Å². The van der Waals surface area contributed by atoms with E-state index in [0.717, 1.165) is 5.56 Å². The Kier molecular flexibility index (Phi) is 3.88. The second-order valence-electron chi connectivity index (χ2n) is 5.02. The molecule has 4 nitrogen and oxygen atoms in total. The Labute approximate surface area is 91.3 Å². The third kappa shape index (κ3) is 4.95. The molecule has 2 N–H and O–H groups in total. The van der Waals surface area contributed by atoms with Crippen LogP contribution in [0.25, 0.3) is 0 Å². The molecule has 0 radical (unpaired) electrons. The quantitative estimate of drug-likeness (QED) is 0.779. The fourth-order valence-electron chi connectivity index (χ4n) is 1.27. The first-order valence-electron chi connectivity index (χ1n) is 5.29. The summed E-state index contributed by atoms with van der Waals surface area (Å²) in [6.07, 6.45) is 3.33. The van der Waals surface area contributed by atoms with Crippen molar-refractivity contribution in [1.29, 1.82) is 0 Å². The normalized spacial score (nSPS) is 14.2. The molecular formula is C11H21N3O. The predicted molar refractivity (Wildman–Crippen MR) is 60.7 cm³/mol. The average molecular weight is 211 g/mol. The molecule has 4 heteroatoms. The molecule has 15 heavy (non-hydrogen) atoms. The van der Waals surface area contributed by atoms with Gasteiger partial charge in [-0.05, 0) is 33.3 Å². The molecule has 0 aliphatic carbocycles. The topological polar surface area (TPSA) is 50.1 Å². The number of rotatable bonds is 4. The van der Waals surface area contributed by atoms with Crippen molar-refractivity contribution in [2.24, 2.45) is 0 Å². The molecule has 1 aromatic rings. The Hall–Kier alpha value is -0.870. The smallest absolute Gasteiger partial charge is 0.0860 e. The number of aliphatic hydroxyl groups excluding tert-OH is 1. The second-order valence-corrected chi connectivity index (χ2v) is 5.02. The first-order chi connectivity index (χ1) is 6.87. The molecular weight excluding hydrogens is 190 g/mol. The van der Waals surface area contributed by atoms with E-state index < -0.39 is 6.10 Å². The van der Waals surface area contributed by atoms with Crippen molar-refractivity contribution in [2.75, 3.05) is 6.54 Å². The number of aryl methyl sites for hydroxylation is 1. The highest BCUT2D eigenvalue weighted by molar-refractivity contribution is 4.99. The standard InChI is InChI=1S/C11H21N3O/c1-9-5-13-14(7-9)8-10(15)6-12-11(2,3)4/h5,7,10,12,15H,6,8H2,1-4H3. The van der Waals surface area contributed by atoms with Gasteiger partial charge in [-0.1, -0.05) is 0 Å². The summed E-state index contributed by atoms with van der Waals surface area (Å²) in [6.45, 7) is 9.36. The van der Waals surface area contributed by atoms with E-state index in [4.69, 9.17) is 0 Å². The molecule has 0 fully saturated rings. The van der Waals surface area contributed by atoms with E-state index in [1.807, 2.05) is 13.1 Å². The molecule has 0 saturated carbocycles. The Bertz CT molecular complexity index is 301. The van der Waals surface area contributed by atoms with E-state index in [1.54, 1.807) is 10.9 Å². The molecule has 0 aromatic carbocycles. The summed E-state index contributed by atoms with van der Waals surface area (Å²) in [6, 6.07) is 0. The maximum absolute atomic E-state index is 9.75. The van der Waals surface area contributed by atoms with Gasteiger partial charge in [0, 0.05) is 18.3 Å². The third-order valence-electron chi connectivity index (χ3n) is 2.03. The highest BCUT2D eigenvalue weighted by Gasteiger charge is 2.12. The number of aromatic nitrogens is 2. The Morgan fingerprint density at radius 2 is 2.20 bits per heavy atom. The number of aliphatic hydroxyl groups is 1. The lowest BCUT2D eigenvalue weighted by molar-refractivity contribution is 0.137. The average Bonchev–Trinajstić information content (AvgIpc) is 2.47. The van der Waals surface area contributed by atoms with Crippen molar-refractivity contribution in [3.05, 3.63) is 18.0 Å². The molecule has 0 aliphatic rings. The zero-order valence-corrected chi connectivity index (χ0v) is 9.99. The van der Waals surface area contributed by atoms with Gasteiger partial charge < -0.3 is 10.4 Å². The lowest BCUT2D eigenvalue weighted by atomic mass is 10.1. The minimum absolute atomic E-state index is 0.0427. The molecule has 0 bridgehead atoms. The van der Waals surface area contributed by atoms with Crippen LogP contribution in [0.2, 0.25) is 0 Å². The van der Waals surface area contributed by atoms with E-state index >= 15 is 0 Å². The highest BCUT2D eigenvalue weighted by atomic mass is 16.3. The van der Waals surface area contributed by atoms with Crippen molar-refractivity contribution in [3.63, 3.8) is 0 Å². The van der Waals surface area contributed by atoms with Crippen LogP contribution in [0.5, 0.6) is 0 Å². The summed E-state index contributed by atoms with van der Waals surface area (Å²) in [5.74, 6) is 0. The predicted octanol–water partition coefficient (Wildman–Crippen LogP) is 0.941. The first kappa shape index (κ1) is 12.2. The summed E-state index contributed by atoms with van der Waals surface area (Å²) >= 11 is 0. The molecule has 1 atom stereocenters. The SMILES string of the molecule is Cc1cnn(CC(O)CNC(C)(C)C)c1. The van der Waals surface area contributed by atoms with E-state index in [2.05, 4.69) is 31.2 Å². The minimum atomic E-state index is -0.400. The van der Waals surface area contributed by atoms with Crippen LogP contribution in [0.4, 0.5) is 0 Å². The molecule has 1 heterocycles. The minimum Gasteiger partial charge on any atom is -0.390 e. The van der Waals surface area contributed by atoms with Crippen molar-refractivity contribution in [3.8, 4) is 0 Å². The molecule has 0 aliphatic heterocycles. The highest BCUT2D eigenvalue weighted by Crippen LogP contribution is 2.00. The third-order valence-corrected chi connectivity index (χ3v) is 2.03. The van der Waals surface area contributed by atoms with Gasteiger partial charge in [-0.25, -0.2) is 0 Å². The first-order valence-corrected chi connectivity index (χ1v) is 5.29. The van der Waals surface area contributed by atoms with Gasteiger partial charge in [0.15, 0.2) is 0 Å². The number of nitrogens with zero attached hydrogens (tertiary/aromatic N) is 2. The molecule has 0 saturated heterocycles. The molecule has 1 aromatic heterocycles. The fraction of sp³-hybridized carbons (Fsp3) is 0.727. The molecule has 1 unspecified atom stereocenters. The van der Waals surface area contributed by atoms with Crippen LogP contribution < -0.4 is 5.32 Å². The molecule has 86 valence electrons. The van der Waals surface area contributed by atoms with Crippen LogP contribution in [0.1, 0.15) is 26.3 Å². The van der Waals surface area contributed by atoms with Crippen LogP contribution in [-0.2, 0) is 6.54 Å². The zero-order chi connectivity index (χ0) is 11.5. The van der Waals surface area contributed by atoms with Gasteiger partial charge in [0.25, 0.3) is 0 Å². The van der Waals surface area contributed by atoms with Crippen LogP contribution in [0.3, 0.4) is 0 Å². The van der Waals surface area contributed by atoms with E-state index in [-0.39, 0.29) is 5.54 Å². The van der Waals surface area contributed by atoms with E-state index in [1.165, 1.54) is 0 Å². The van der Waals surface area contributed by atoms with Gasteiger partial charge in [-0.15, -0.1) is 0 Å². The van der Waals surface area contributed by atoms with Crippen LogP contribution in [0, 0.1) is 6.92 Å². The van der Waals surface area contributed by atoms with Crippen LogP contribution in [-0.4, -0.2) is 33.1 Å². The number of nitrogens with one attached hydrogen (secondary N) is 1. The largest absolute Gasteiger partial charge is 0.390 e. The van der Waals surface area contributed by atoms with Crippen LogP contribution in [0.15, 0.2) is 12.4 Å². The zero-order valence-electron chi connectivity index (χ0n) is 9.99. The summed E-state index contributed by atoms with van der Waals surface area (Å²) in [5.41, 5.74) is 1.16. The van der Waals surface area contributed by atoms with Gasteiger partial charge in [0.05, 0.1) is 18.8 Å². The van der Waals surface area contributed by atoms with Crippen molar-refractivity contribution < 1.29 is 5.11 Å². The summed E-state index contributed by atoms with van der Waals surface area (Å²) in [5, 5.41) is 17.1. The van der Waals surface area contributed by atoms with Crippen LogP contribution >= 0.6 is 0 Å².